The SMILES string of the molecule is CCc1ccc([C@@H]2CC[C@H](N3CCN(c4ccc(F)cn4)CC3)C2)[nH]c1=O. The number of aromatic nitrogens is 2. The maximum absolute atomic E-state index is 13.1. The average Bonchev–Trinajstić information content (AvgIpc) is 3.19. The monoisotopic (exact) mass is 370 g/mol. The predicted octanol–water partition coefficient (Wildman–Crippen LogP) is 2.93. The van der Waals surface area contributed by atoms with Crippen LogP contribution in [0.5, 0.6) is 0 Å². The molecule has 0 radical (unpaired) electrons. The Hall–Kier alpha value is -2.21. The summed E-state index contributed by atoms with van der Waals surface area (Å²) in [5.41, 5.74) is 2.02. The average molecular weight is 370 g/mol. The number of hydrogen-bond acceptors (Lipinski definition) is 4. The molecule has 27 heavy (non-hydrogen) atoms. The van der Waals surface area contributed by atoms with E-state index in [1.165, 1.54) is 18.7 Å². The number of anilines is 1. The van der Waals surface area contributed by atoms with Crippen LogP contribution in [0.3, 0.4) is 0 Å². The van der Waals surface area contributed by atoms with E-state index in [1.54, 1.807) is 6.07 Å². The number of piperazine rings is 1. The van der Waals surface area contributed by atoms with Crippen LogP contribution in [0.2, 0.25) is 0 Å². The summed E-state index contributed by atoms with van der Waals surface area (Å²) >= 11 is 0. The fraction of sp³-hybridized carbons (Fsp3) is 0.524. The third-order valence-electron chi connectivity index (χ3n) is 6.11. The highest BCUT2D eigenvalue weighted by Crippen LogP contribution is 2.36. The molecule has 1 saturated heterocycles. The first-order valence-electron chi connectivity index (χ1n) is 9.96. The van der Waals surface area contributed by atoms with Gasteiger partial charge in [0.05, 0.1) is 6.20 Å². The predicted molar refractivity (Wildman–Crippen MR) is 105 cm³/mol. The molecule has 2 aromatic rings. The van der Waals surface area contributed by atoms with Crippen molar-refractivity contribution in [3.8, 4) is 0 Å². The molecular weight excluding hydrogens is 343 g/mol. The highest BCUT2D eigenvalue weighted by molar-refractivity contribution is 5.38. The molecule has 2 atom stereocenters. The van der Waals surface area contributed by atoms with Crippen molar-refractivity contribution in [3.05, 3.63) is 57.9 Å². The van der Waals surface area contributed by atoms with Gasteiger partial charge in [0.25, 0.3) is 5.56 Å². The highest BCUT2D eigenvalue weighted by atomic mass is 19.1. The number of hydrogen-bond donors (Lipinski definition) is 1. The van der Waals surface area contributed by atoms with Crippen molar-refractivity contribution in [3.63, 3.8) is 0 Å². The molecule has 1 N–H and O–H groups in total. The quantitative estimate of drug-likeness (QED) is 0.899. The molecule has 0 aromatic carbocycles. The Balaban J connectivity index is 1.34. The molecule has 6 heteroatoms. The van der Waals surface area contributed by atoms with Gasteiger partial charge < -0.3 is 9.88 Å². The summed E-state index contributed by atoms with van der Waals surface area (Å²) < 4.78 is 13.1. The van der Waals surface area contributed by atoms with Crippen molar-refractivity contribution in [1.29, 1.82) is 0 Å². The van der Waals surface area contributed by atoms with Gasteiger partial charge in [-0.1, -0.05) is 13.0 Å². The third kappa shape index (κ3) is 3.90. The summed E-state index contributed by atoms with van der Waals surface area (Å²) in [7, 11) is 0. The molecule has 4 rings (SSSR count). The van der Waals surface area contributed by atoms with Crippen LogP contribution in [0, 0.1) is 5.82 Å². The van der Waals surface area contributed by atoms with Crippen molar-refractivity contribution in [2.24, 2.45) is 0 Å². The van der Waals surface area contributed by atoms with Crippen LogP contribution in [-0.4, -0.2) is 47.1 Å². The summed E-state index contributed by atoms with van der Waals surface area (Å²) in [6.07, 6.45) is 5.48. The molecule has 0 amide bonds. The van der Waals surface area contributed by atoms with Gasteiger partial charge in [-0.25, -0.2) is 9.37 Å². The molecule has 144 valence electrons. The van der Waals surface area contributed by atoms with Crippen LogP contribution >= 0.6 is 0 Å². The van der Waals surface area contributed by atoms with E-state index < -0.39 is 0 Å². The number of rotatable bonds is 4. The Labute approximate surface area is 159 Å². The molecule has 2 fully saturated rings. The molecule has 1 aliphatic heterocycles. The van der Waals surface area contributed by atoms with Gasteiger partial charge in [-0.05, 0) is 43.9 Å². The van der Waals surface area contributed by atoms with Gasteiger partial charge in [-0.2, -0.15) is 0 Å². The summed E-state index contributed by atoms with van der Waals surface area (Å²) in [6, 6.07) is 7.89. The van der Waals surface area contributed by atoms with Crippen LogP contribution in [0.25, 0.3) is 0 Å². The Kier molecular flexibility index (Phi) is 5.25. The summed E-state index contributed by atoms with van der Waals surface area (Å²) in [5.74, 6) is 1.01. The molecule has 1 saturated carbocycles. The molecule has 2 aromatic heterocycles. The second-order valence-corrected chi connectivity index (χ2v) is 7.64. The van der Waals surface area contributed by atoms with E-state index in [0.29, 0.717) is 12.0 Å². The Bertz CT molecular complexity index is 827. The summed E-state index contributed by atoms with van der Waals surface area (Å²) in [4.78, 5) is 24.2. The lowest BCUT2D eigenvalue weighted by atomic mass is 10.0. The fourth-order valence-corrected chi connectivity index (χ4v) is 4.48. The van der Waals surface area contributed by atoms with Crippen molar-refractivity contribution < 1.29 is 4.39 Å². The van der Waals surface area contributed by atoms with Gasteiger partial charge >= 0.3 is 0 Å². The molecule has 1 aliphatic carbocycles. The van der Waals surface area contributed by atoms with E-state index >= 15 is 0 Å². The van der Waals surface area contributed by atoms with Crippen LogP contribution in [0.1, 0.15) is 43.4 Å². The largest absolute Gasteiger partial charge is 0.354 e. The zero-order chi connectivity index (χ0) is 18.8. The molecule has 0 unspecified atom stereocenters. The highest BCUT2D eigenvalue weighted by Gasteiger charge is 2.32. The van der Waals surface area contributed by atoms with E-state index in [2.05, 4.69) is 25.8 Å². The van der Waals surface area contributed by atoms with Crippen molar-refractivity contribution in [2.75, 3.05) is 31.1 Å². The first-order chi connectivity index (χ1) is 13.1. The minimum Gasteiger partial charge on any atom is -0.354 e. The molecular formula is C21H27FN4O. The normalized spacial score (nSPS) is 23.7. The van der Waals surface area contributed by atoms with Gasteiger partial charge in [0.1, 0.15) is 11.6 Å². The van der Waals surface area contributed by atoms with Gasteiger partial charge in [0.15, 0.2) is 0 Å². The fourth-order valence-electron chi connectivity index (χ4n) is 4.48. The standard InChI is InChI=1S/C21H27FN4O/c1-2-15-4-7-19(24-21(15)27)16-3-6-18(13-16)25-9-11-26(12-10-25)20-8-5-17(22)14-23-20/h4-5,7-8,14,16,18H,2-3,6,9-13H2,1H3,(H,24,27)/t16-,18+/m1/s1. The third-order valence-corrected chi connectivity index (χ3v) is 6.11. The number of halogens is 1. The first kappa shape index (κ1) is 18.2. The zero-order valence-corrected chi connectivity index (χ0v) is 15.8. The van der Waals surface area contributed by atoms with Crippen LogP contribution in [0.4, 0.5) is 10.2 Å². The lowest BCUT2D eigenvalue weighted by Crippen LogP contribution is -2.50. The van der Waals surface area contributed by atoms with Crippen LogP contribution in [0.15, 0.2) is 35.3 Å². The van der Waals surface area contributed by atoms with Crippen molar-refractivity contribution in [1.82, 2.24) is 14.9 Å². The minimum atomic E-state index is -0.292. The molecule has 5 nitrogen and oxygen atoms in total. The minimum absolute atomic E-state index is 0.0684. The van der Waals surface area contributed by atoms with E-state index in [-0.39, 0.29) is 11.4 Å². The van der Waals surface area contributed by atoms with E-state index in [9.17, 15) is 9.18 Å². The molecule has 3 heterocycles. The maximum Gasteiger partial charge on any atom is 0.251 e. The van der Waals surface area contributed by atoms with Gasteiger partial charge in [0, 0.05) is 49.4 Å². The smallest absolute Gasteiger partial charge is 0.251 e. The molecule has 0 bridgehead atoms. The summed E-state index contributed by atoms with van der Waals surface area (Å²) in [6.45, 7) is 5.85. The van der Waals surface area contributed by atoms with E-state index in [4.69, 9.17) is 0 Å². The number of H-pyrrole nitrogens is 1. The van der Waals surface area contributed by atoms with E-state index in [0.717, 1.165) is 62.5 Å². The Morgan fingerprint density at radius 1 is 1.15 bits per heavy atom. The Morgan fingerprint density at radius 2 is 1.96 bits per heavy atom. The number of nitrogens with zero attached hydrogens (tertiary/aromatic N) is 3. The first-order valence-corrected chi connectivity index (χ1v) is 9.96. The second-order valence-electron chi connectivity index (χ2n) is 7.64. The number of nitrogens with one attached hydrogen (secondary N) is 1. The van der Waals surface area contributed by atoms with Crippen LogP contribution in [-0.2, 0) is 6.42 Å². The number of aromatic amines is 1. The molecule has 2 aliphatic rings. The van der Waals surface area contributed by atoms with Gasteiger partial charge in [-0.3, -0.25) is 9.69 Å². The topological polar surface area (TPSA) is 52.2 Å². The van der Waals surface area contributed by atoms with Gasteiger partial charge in [-0.15, -0.1) is 0 Å². The summed E-state index contributed by atoms with van der Waals surface area (Å²) in [5, 5.41) is 0. The maximum atomic E-state index is 13.1. The van der Waals surface area contributed by atoms with Crippen molar-refractivity contribution >= 4 is 5.82 Å². The molecule has 0 spiro atoms. The Morgan fingerprint density at radius 3 is 2.63 bits per heavy atom. The van der Waals surface area contributed by atoms with Crippen LogP contribution < -0.4 is 10.5 Å². The van der Waals surface area contributed by atoms with Crippen molar-refractivity contribution in [2.45, 2.75) is 44.6 Å². The number of pyridine rings is 2. The zero-order valence-electron chi connectivity index (χ0n) is 15.8. The second kappa shape index (κ2) is 7.80. The van der Waals surface area contributed by atoms with Gasteiger partial charge in [0.2, 0.25) is 0 Å². The van der Waals surface area contributed by atoms with E-state index in [1.807, 2.05) is 13.0 Å². The lowest BCUT2D eigenvalue weighted by Gasteiger charge is -2.38. The number of aryl methyl sites for hydroxylation is 1. The lowest BCUT2D eigenvalue weighted by molar-refractivity contribution is 0.186.